The van der Waals surface area contributed by atoms with Gasteiger partial charge in [-0.15, -0.1) is 10.2 Å². The van der Waals surface area contributed by atoms with Gasteiger partial charge in [-0.2, -0.15) is 0 Å². The Balaban J connectivity index is 1.63. The topological polar surface area (TPSA) is 99.0 Å². The Hall–Kier alpha value is -2.45. The Kier molecular flexibility index (Phi) is 4.77. The van der Waals surface area contributed by atoms with Crippen LogP contribution in [-0.2, 0) is 4.79 Å². The molecule has 0 radical (unpaired) electrons. The first-order chi connectivity index (χ1) is 11.5. The van der Waals surface area contributed by atoms with Crippen LogP contribution in [0.4, 0.5) is 5.69 Å². The molecule has 0 aliphatic carbocycles. The van der Waals surface area contributed by atoms with Gasteiger partial charge in [-0.05, 0) is 37.3 Å². The number of thioether (sulfide) groups is 1. The van der Waals surface area contributed by atoms with E-state index in [9.17, 15) is 4.79 Å². The first-order valence-electron chi connectivity index (χ1n) is 6.98. The number of aromatic nitrogens is 3. The van der Waals surface area contributed by atoms with Gasteiger partial charge in [0, 0.05) is 10.7 Å². The van der Waals surface area contributed by atoms with Gasteiger partial charge in [0.15, 0.2) is 5.82 Å². The number of nitrogens with zero attached hydrogens (tertiary/aromatic N) is 3. The SMILES string of the molecule is Cc1occc1-c1nnc(SCC(=O)Nc2ccc(Cl)cc2)n1N. The predicted molar refractivity (Wildman–Crippen MR) is 93.4 cm³/mol. The Labute approximate surface area is 147 Å². The molecule has 3 aromatic rings. The second-order valence-electron chi connectivity index (χ2n) is 4.91. The first-order valence-corrected chi connectivity index (χ1v) is 8.34. The van der Waals surface area contributed by atoms with Gasteiger partial charge in [-0.1, -0.05) is 23.4 Å². The lowest BCUT2D eigenvalue weighted by Crippen LogP contribution is -2.16. The summed E-state index contributed by atoms with van der Waals surface area (Å²) >= 11 is 7.00. The molecule has 0 aliphatic heterocycles. The number of benzene rings is 1. The van der Waals surface area contributed by atoms with Crippen molar-refractivity contribution in [1.82, 2.24) is 14.9 Å². The minimum absolute atomic E-state index is 0.155. The lowest BCUT2D eigenvalue weighted by Gasteiger charge is -2.05. The number of aryl methyl sites for hydroxylation is 1. The molecule has 0 bridgehead atoms. The van der Waals surface area contributed by atoms with Crippen LogP contribution in [0.3, 0.4) is 0 Å². The fourth-order valence-corrected chi connectivity index (χ4v) is 2.82. The molecular formula is C15H14ClN5O2S. The average molecular weight is 364 g/mol. The van der Waals surface area contributed by atoms with Crippen molar-refractivity contribution in [3.05, 3.63) is 47.4 Å². The molecule has 7 nitrogen and oxygen atoms in total. The van der Waals surface area contributed by atoms with Crippen molar-refractivity contribution in [2.45, 2.75) is 12.1 Å². The van der Waals surface area contributed by atoms with E-state index >= 15 is 0 Å². The van der Waals surface area contributed by atoms with Crippen LogP contribution < -0.4 is 11.2 Å². The lowest BCUT2D eigenvalue weighted by atomic mass is 10.2. The van der Waals surface area contributed by atoms with E-state index in [0.29, 0.717) is 27.5 Å². The van der Waals surface area contributed by atoms with Gasteiger partial charge in [-0.25, -0.2) is 4.68 Å². The standard InChI is InChI=1S/C15H14ClN5O2S/c1-9-12(6-7-23-9)14-19-20-15(21(14)17)24-8-13(22)18-11-4-2-10(16)3-5-11/h2-7H,8,17H2,1H3,(H,18,22). The summed E-state index contributed by atoms with van der Waals surface area (Å²) in [5.74, 6) is 7.17. The fourth-order valence-electron chi connectivity index (χ4n) is 2.04. The summed E-state index contributed by atoms with van der Waals surface area (Å²) in [5, 5.41) is 11.9. The third-order valence-corrected chi connectivity index (χ3v) is 4.42. The van der Waals surface area contributed by atoms with Crippen molar-refractivity contribution in [3.8, 4) is 11.4 Å². The number of furan rings is 1. The Morgan fingerprint density at radius 1 is 1.33 bits per heavy atom. The summed E-state index contributed by atoms with van der Waals surface area (Å²) < 4.78 is 6.58. The zero-order chi connectivity index (χ0) is 17.1. The number of carbonyl (C=O) groups is 1. The number of rotatable bonds is 5. The molecule has 0 unspecified atom stereocenters. The molecule has 0 saturated carbocycles. The zero-order valence-corrected chi connectivity index (χ0v) is 14.3. The quantitative estimate of drug-likeness (QED) is 0.534. The van der Waals surface area contributed by atoms with E-state index in [-0.39, 0.29) is 11.7 Å². The van der Waals surface area contributed by atoms with E-state index < -0.39 is 0 Å². The minimum Gasteiger partial charge on any atom is -0.469 e. The maximum Gasteiger partial charge on any atom is 0.234 e. The number of anilines is 1. The van der Waals surface area contributed by atoms with Gasteiger partial charge in [0.25, 0.3) is 0 Å². The van der Waals surface area contributed by atoms with Gasteiger partial charge in [0.05, 0.1) is 17.6 Å². The smallest absolute Gasteiger partial charge is 0.234 e. The molecule has 0 spiro atoms. The summed E-state index contributed by atoms with van der Waals surface area (Å²) in [6, 6.07) is 8.65. The molecule has 3 N–H and O–H groups in total. The minimum atomic E-state index is -0.175. The second-order valence-corrected chi connectivity index (χ2v) is 6.29. The molecule has 0 aliphatic rings. The molecule has 0 saturated heterocycles. The monoisotopic (exact) mass is 363 g/mol. The fraction of sp³-hybridized carbons (Fsp3) is 0.133. The number of nitrogens with one attached hydrogen (secondary N) is 1. The van der Waals surface area contributed by atoms with Crippen LogP contribution in [0.15, 0.2) is 46.2 Å². The molecular weight excluding hydrogens is 350 g/mol. The maximum atomic E-state index is 12.0. The second kappa shape index (κ2) is 6.98. The van der Waals surface area contributed by atoms with Crippen molar-refractivity contribution in [2.75, 3.05) is 16.9 Å². The van der Waals surface area contributed by atoms with E-state index in [1.165, 1.54) is 16.4 Å². The Morgan fingerprint density at radius 2 is 2.08 bits per heavy atom. The number of halogens is 1. The lowest BCUT2D eigenvalue weighted by molar-refractivity contribution is -0.113. The maximum absolute atomic E-state index is 12.0. The number of hydrogen-bond donors (Lipinski definition) is 2. The van der Waals surface area contributed by atoms with Gasteiger partial charge in [-0.3, -0.25) is 4.79 Å². The van der Waals surface area contributed by atoms with Crippen LogP contribution in [0.1, 0.15) is 5.76 Å². The van der Waals surface area contributed by atoms with Crippen LogP contribution in [0.5, 0.6) is 0 Å². The van der Waals surface area contributed by atoms with E-state index in [4.69, 9.17) is 21.9 Å². The molecule has 2 heterocycles. The van der Waals surface area contributed by atoms with E-state index in [1.54, 1.807) is 36.6 Å². The molecule has 3 rings (SSSR count). The van der Waals surface area contributed by atoms with Crippen LogP contribution in [0, 0.1) is 6.92 Å². The van der Waals surface area contributed by atoms with Crippen LogP contribution in [-0.4, -0.2) is 26.5 Å². The van der Waals surface area contributed by atoms with Crippen molar-refractivity contribution < 1.29 is 9.21 Å². The van der Waals surface area contributed by atoms with Gasteiger partial charge in [0.1, 0.15) is 5.76 Å². The molecule has 1 aromatic carbocycles. The van der Waals surface area contributed by atoms with Crippen molar-refractivity contribution >= 4 is 35.0 Å². The summed E-state index contributed by atoms with van der Waals surface area (Å²) in [4.78, 5) is 12.0. The highest BCUT2D eigenvalue weighted by Crippen LogP contribution is 2.25. The van der Waals surface area contributed by atoms with Crippen molar-refractivity contribution in [1.29, 1.82) is 0 Å². The number of nitrogen functional groups attached to an aromatic ring is 1. The van der Waals surface area contributed by atoms with Crippen LogP contribution in [0.2, 0.25) is 5.02 Å². The highest BCUT2D eigenvalue weighted by Gasteiger charge is 2.16. The number of nitrogens with two attached hydrogens (primary N) is 1. The summed E-state index contributed by atoms with van der Waals surface area (Å²) in [7, 11) is 0. The van der Waals surface area contributed by atoms with Gasteiger partial charge in [0.2, 0.25) is 11.1 Å². The first kappa shape index (κ1) is 16.4. The van der Waals surface area contributed by atoms with E-state index in [2.05, 4.69) is 15.5 Å². The average Bonchev–Trinajstić information content (AvgIpc) is 3.13. The number of hydrogen-bond acceptors (Lipinski definition) is 6. The van der Waals surface area contributed by atoms with Gasteiger partial charge >= 0.3 is 0 Å². The number of amides is 1. The molecule has 0 fully saturated rings. The predicted octanol–water partition coefficient (Wildman–Crippen LogP) is 2.94. The highest BCUT2D eigenvalue weighted by atomic mass is 35.5. The molecule has 1 amide bonds. The van der Waals surface area contributed by atoms with Crippen LogP contribution in [0.25, 0.3) is 11.4 Å². The Bertz CT molecular complexity index is 859. The summed E-state index contributed by atoms with van der Waals surface area (Å²) in [6.07, 6.45) is 1.56. The zero-order valence-electron chi connectivity index (χ0n) is 12.7. The molecule has 0 atom stereocenters. The van der Waals surface area contributed by atoms with Crippen molar-refractivity contribution in [2.24, 2.45) is 0 Å². The van der Waals surface area contributed by atoms with E-state index in [1.807, 2.05) is 6.92 Å². The normalized spacial score (nSPS) is 10.8. The molecule has 124 valence electrons. The molecule has 9 heteroatoms. The van der Waals surface area contributed by atoms with Crippen LogP contribution >= 0.6 is 23.4 Å². The third kappa shape index (κ3) is 3.55. The molecule has 24 heavy (non-hydrogen) atoms. The van der Waals surface area contributed by atoms with Gasteiger partial charge < -0.3 is 15.6 Å². The largest absolute Gasteiger partial charge is 0.469 e. The number of carbonyl (C=O) groups excluding carboxylic acids is 1. The summed E-state index contributed by atoms with van der Waals surface area (Å²) in [5.41, 5.74) is 1.44. The van der Waals surface area contributed by atoms with E-state index in [0.717, 1.165) is 5.56 Å². The molecule has 2 aromatic heterocycles. The summed E-state index contributed by atoms with van der Waals surface area (Å²) in [6.45, 7) is 1.82. The highest BCUT2D eigenvalue weighted by molar-refractivity contribution is 7.99. The third-order valence-electron chi connectivity index (χ3n) is 3.22. The van der Waals surface area contributed by atoms with Crippen molar-refractivity contribution in [3.63, 3.8) is 0 Å². The Morgan fingerprint density at radius 3 is 2.75 bits per heavy atom.